The third kappa shape index (κ3) is 4.66. The van der Waals surface area contributed by atoms with Gasteiger partial charge in [-0.1, -0.05) is 25.4 Å². The third-order valence-electron chi connectivity index (χ3n) is 3.72. The van der Waals surface area contributed by atoms with Gasteiger partial charge in [0.15, 0.2) is 5.78 Å². The summed E-state index contributed by atoms with van der Waals surface area (Å²) in [5.74, 6) is -0.222. The minimum atomic E-state index is -0.117. The molecular weight excluding hydrogens is 344 g/mol. The van der Waals surface area contributed by atoms with Gasteiger partial charge < -0.3 is 5.32 Å². The summed E-state index contributed by atoms with van der Waals surface area (Å²) in [6, 6.07) is 8.58. The Morgan fingerprint density at radius 1 is 1.17 bits per heavy atom. The second kappa shape index (κ2) is 8.42. The molecule has 0 bridgehead atoms. The molecule has 1 N–H and O–H groups in total. The summed E-state index contributed by atoms with van der Waals surface area (Å²) in [4.78, 5) is 27.9. The van der Waals surface area contributed by atoms with Gasteiger partial charge in [-0.25, -0.2) is 0 Å². The lowest BCUT2D eigenvalue weighted by Crippen LogP contribution is -2.33. The van der Waals surface area contributed by atoms with E-state index in [-0.39, 0.29) is 11.7 Å². The van der Waals surface area contributed by atoms with Crippen LogP contribution in [0.3, 0.4) is 0 Å². The van der Waals surface area contributed by atoms with Crippen LogP contribution < -0.4 is 5.32 Å². The number of carbonyl (C=O) groups excluding carboxylic acids is 2. The van der Waals surface area contributed by atoms with Gasteiger partial charge in [-0.3, -0.25) is 14.5 Å². The zero-order valence-corrected chi connectivity index (χ0v) is 15.6. The van der Waals surface area contributed by atoms with E-state index in [0.29, 0.717) is 27.7 Å². The maximum Gasteiger partial charge on any atom is 0.239 e. The molecule has 0 aliphatic heterocycles. The highest BCUT2D eigenvalue weighted by molar-refractivity contribution is 7.16. The van der Waals surface area contributed by atoms with Gasteiger partial charge in [0, 0.05) is 15.5 Å². The largest absolute Gasteiger partial charge is 0.316 e. The number of anilines is 1. The number of rotatable bonds is 7. The lowest BCUT2D eigenvalue weighted by molar-refractivity contribution is -0.117. The fourth-order valence-corrected chi connectivity index (χ4v) is 3.40. The number of hydrogen-bond donors (Lipinski definition) is 1. The Kier molecular flexibility index (Phi) is 6.54. The number of nitrogens with zero attached hydrogens (tertiary/aromatic N) is 1. The Labute approximate surface area is 151 Å². The zero-order valence-electron chi connectivity index (χ0n) is 14.1. The minimum Gasteiger partial charge on any atom is -0.316 e. The van der Waals surface area contributed by atoms with Crippen LogP contribution in [0.25, 0.3) is 0 Å². The number of halogens is 1. The van der Waals surface area contributed by atoms with Crippen molar-refractivity contribution >= 4 is 39.6 Å². The van der Waals surface area contributed by atoms with Crippen LogP contribution in [0.4, 0.5) is 5.00 Å². The summed E-state index contributed by atoms with van der Waals surface area (Å²) >= 11 is 7.29. The van der Waals surface area contributed by atoms with Gasteiger partial charge in [-0.2, -0.15) is 0 Å². The molecule has 0 radical (unpaired) electrons. The van der Waals surface area contributed by atoms with E-state index in [2.05, 4.69) is 5.32 Å². The Morgan fingerprint density at radius 2 is 1.79 bits per heavy atom. The first-order valence-corrected chi connectivity index (χ1v) is 9.07. The maximum absolute atomic E-state index is 12.7. The van der Waals surface area contributed by atoms with Crippen LogP contribution in [-0.4, -0.2) is 36.2 Å². The molecule has 6 heteroatoms. The van der Waals surface area contributed by atoms with E-state index in [1.54, 1.807) is 24.3 Å². The number of carbonyl (C=O) groups is 2. The van der Waals surface area contributed by atoms with Gasteiger partial charge in [-0.05, 0) is 50.3 Å². The summed E-state index contributed by atoms with van der Waals surface area (Å²) in [6.45, 7) is 7.89. The molecule has 0 unspecified atom stereocenters. The molecule has 0 atom stereocenters. The van der Waals surface area contributed by atoms with Crippen molar-refractivity contribution < 1.29 is 9.59 Å². The number of ketones is 1. The normalized spacial score (nSPS) is 10.9. The van der Waals surface area contributed by atoms with Gasteiger partial charge >= 0.3 is 0 Å². The van der Waals surface area contributed by atoms with Gasteiger partial charge in [-0.15, -0.1) is 11.3 Å². The van der Waals surface area contributed by atoms with Crippen molar-refractivity contribution in [1.82, 2.24) is 4.90 Å². The SMILES string of the molecule is CCN(CC)CC(=O)Nc1sc(C)cc1C(=O)c1ccc(Cl)cc1. The highest BCUT2D eigenvalue weighted by Crippen LogP contribution is 2.30. The Bertz CT molecular complexity index is 721. The molecule has 1 aromatic carbocycles. The average Bonchev–Trinajstić information content (AvgIpc) is 2.92. The zero-order chi connectivity index (χ0) is 17.7. The number of amides is 1. The summed E-state index contributed by atoms with van der Waals surface area (Å²) in [5.41, 5.74) is 1.07. The molecule has 0 saturated heterocycles. The fourth-order valence-electron chi connectivity index (χ4n) is 2.35. The molecule has 1 heterocycles. The first kappa shape index (κ1) is 18.6. The lowest BCUT2D eigenvalue weighted by atomic mass is 10.1. The van der Waals surface area contributed by atoms with Crippen molar-refractivity contribution in [3.8, 4) is 0 Å². The molecule has 24 heavy (non-hydrogen) atoms. The van der Waals surface area contributed by atoms with Crippen molar-refractivity contribution in [2.75, 3.05) is 25.0 Å². The second-order valence-electron chi connectivity index (χ2n) is 5.45. The summed E-state index contributed by atoms with van der Waals surface area (Å²) in [5, 5.41) is 4.07. The molecule has 1 aromatic heterocycles. The predicted octanol–water partition coefficient (Wildman–Crippen LogP) is 4.22. The first-order valence-electron chi connectivity index (χ1n) is 7.87. The highest BCUT2D eigenvalue weighted by Gasteiger charge is 2.19. The number of thiophene rings is 1. The monoisotopic (exact) mass is 364 g/mol. The van der Waals surface area contributed by atoms with Crippen molar-refractivity contribution in [2.24, 2.45) is 0 Å². The van der Waals surface area contributed by atoms with Crippen LogP contribution >= 0.6 is 22.9 Å². The molecule has 0 aliphatic carbocycles. The molecule has 1 amide bonds. The van der Waals surface area contributed by atoms with Crippen molar-refractivity contribution in [3.05, 3.63) is 51.4 Å². The van der Waals surface area contributed by atoms with Crippen LogP contribution in [0.15, 0.2) is 30.3 Å². The summed E-state index contributed by atoms with van der Waals surface area (Å²) in [6.07, 6.45) is 0. The third-order valence-corrected chi connectivity index (χ3v) is 4.94. The van der Waals surface area contributed by atoms with Gasteiger partial charge in [0.25, 0.3) is 0 Å². The molecule has 0 aliphatic rings. The topological polar surface area (TPSA) is 49.4 Å². The van der Waals surface area contributed by atoms with E-state index in [1.807, 2.05) is 31.7 Å². The van der Waals surface area contributed by atoms with E-state index in [0.717, 1.165) is 18.0 Å². The first-order chi connectivity index (χ1) is 11.4. The molecule has 0 spiro atoms. The van der Waals surface area contributed by atoms with Gasteiger partial charge in [0.2, 0.25) is 5.91 Å². The van der Waals surface area contributed by atoms with Crippen LogP contribution in [0.1, 0.15) is 34.6 Å². The number of nitrogens with one attached hydrogen (secondary N) is 1. The number of benzene rings is 1. The molecular formula is C18H21ClN2O2S. The van der Waals surface area contributed by atoms with Crippen molar-refractivity contribution in [2.45, 2.75) is 20.8 Å². The van der Waals surface area contributed by atoms with E-state index in [4.69, 9.17) is 11.6 Å². The summed E-state index contributed by atoms with van der Waals surface area (Å²) in [7, 11) is 0. The molecule has 0 saturated carbocycles. The molecule has 0 fully saturated rings. The average molecular weight is 365 g/mol. The Hall–Kier alpha value is -1.69. The standard InChI is InChI=1S/C18H21ClN2O2S/c1-4-21(5-2)11-16(22)20-18-15(10-12(3)24-18)17(23)13-6-8-14(19)9-7-13/h6-10H,4-5,11H2,1-3H3,(H,20,22). The van der Waals surface area contributed by atoms with E-state index < -0.39 is 0 Å². The van der Waals surface area contributed by atoms with Crippen molar-refractivity contribution in [3.63, 3.8) is 0 Å². The maximum atomic E-state index is 12.7. The molecule has 2 aromatic rings. The van der Waals surface area contributed by atoms with E-state index in [9.17, 15) is 9.59 Å². The van der Waals surface area contributed by atoms with Crippen LogP contribution in [-0.2, 0) is 4.79 Å². The fraction of sp³-hybridized carbons (Fsp3) is 0.333. The molecule has 2 rings (SSSR count). The van der Waals surface area contributed by atoms with E-state index >= 15 is 0 Å². The van der Waals surface area contributed by atoms with Gasteiger partial charge in [0.1, 0.15) is 5.00 Å². The van der Waals surface area contributed by atoms with E-state index in [1.165, 1.54) is 11.3 Å². The molecule has 128 valence electrons. The highest BCUT2D eigenvalue weighted by atomic mass is 35.5. The van der Waals surface area contributed by atoms with Gasteiger partial charge in [0.05, 0.1) is 12.1 Å². The number of hydrogen-bond acceptors (Lipinski definition) is 4. The van der Waals surface area contributed by atoms with Crippen molar-refractivity contribution in [1.29, 1.82) is 0 Å². The lowest BCUT2D eigenvalue weighted by Gasteiger charge is -2.17. The summed E-state index contributed by atoms with van der Waals surface area (Å²) < 4.78 is 0. The quantitative estimate of drug-likeness (QED) is 0.748. The van der Waals surface area contributed by atoms with Crippen LogP contribution in [0, 0.1) is 6.92 Å². The second-order valence-corrected chi connectivity index (χ2v) is 7.14. The minimum absolute atomic E-state index is 0.106. The van der Waals surface area contributed by atoms with Crippen LogP contribution in [0.2, 0.25) is 5.02 Å². The number of likely N-dealkylation sites (N-methyl/N-ethyl adjacent to an activating group) is 1. The number of aryl methyl sites for hydroxylation is 1. The Morgan fingerprint density at radius 3 is 2.38 bits per heavy atom. The Balaban J connectivity index is 2.19. The van der Waals surface area contributed by atoms with Crippen LogP contribution in [0.5, 0.6) is 0 Å². The predicted molar refractivity (Wildman–Crippen MR) is 100 cm³/mol. The smallest absolute Gasteiger partial charge is 0.239 e. The molecule has 4 nitrogen and oxygen atoms in total.